The molecule has 0 bridgehead atoms. The molecule has 0 saturated heterocycles. The lowest BCUT2D eigenvalue weighted by Gasteiger charge is -2.23. The third-order valence-corrected chi connectivity index (χ3v) is 5.36. The highest BCUT2D eigenvalue weighted by molar-refractivity contribution is 7.89. The van der Waals surface area contributed by atoms with Crippen molar-refractivity contribution in [3.8, 4) is 0 Å². The number of carbonyl (C=O) groups excluding carboxylic acids is 1. The van der Waals surface area contributed by atoms with Gasteiger partial charge in [0.2, 0.25) is 10.0 Å². The summed E-state index contributed by atoms with van der Waals surface area (Å²) in [5.74, 6) is -0.283. The van der Waals surface area contributed by atoms with Gasteiger partial charge in [0.15, 0.2) is 5.76 Å². The number of furan rings is 1. The van der Waals surface area contributed by atoms with Crippen LogP contribution in [0.5, 0.6) is 0 Å². The number of likely N-dealkylation sites (N-methyl/N-ethyl adjacent to an activating group) is 1. The number of aryl methyl sites for hydroxylation is 1. The number of hydrogen-bond donors (Lipinski definition) is 1. The van der Waals surface area contributed by atoms with E-state index in [0.29, 0.717) is 0 Å². The SMILES string of the molecule is Cc1oc(C(=O)N(C)C(C)Cc2cccs2)cc1S(N)(=O)=O. The van der Waals surface area contributed by atoms with E-state index in [1.54, 1.807) is 18.4 Å². The summed E-state index contributed by atoms with van der Waals surface area (Å²) in [7, 11) is -2.23. The maximum Gasteiger partial charge on any atom is 0.289 e. The van der Waals surface area contributed by atoms with E-state index in [4.69, 9.17) is 9.56 Å². The quantitative estimate of drug-likeness (QED) is 0.899. The molecule has 6 nitrogen and oxygen atoms in total. The molecule has 0 saturated carbocycles. The topological polar surface area (TPSA) is 93.6 Å². The summed E-state index contributed by atoms with van der Waals surface area (Å²) >= 11 is 1.63. The highest BCUT2D eigenvalue weighted by atomic mass is 32.2. The van der Waals surface area contributed by atoms with Crippen LogP contribution in [0.1, 0.15) is 28.1 Å². The Kier molecular flexibility index (Phi) is 4.74. The minimum atomic E-state index is -3.90. The van der Waals surface area contributed by atoms with Gasteiger partial charge in [0.25, 0.3) is 5.91 Å². The van der Waals surface area contributed by atoms with Crippen LogP contribution in [0.15, 0.2) is 32.9 Å². The minimum Gasteiger partial charge on any atom is -0.455 e. The number of rotatable bonds is 5. The van der Waals surface area contributed by atoms with Gasteiger partial charge in [0, 0.05) is 30.5 Å². The van der Waals surface area contributed by atoms with Crippen molar-refractivity contribution < 1.29 is 17.6 Å². The van der Waals surface area contributed by atoms with Crippen molar-refractivity contribution in [2.45, 2.75) is 31.2 Å². The van der Waals surface area contributed by atoms with Gasteiger partial charge < -0.3 is 9.32 Å². The normalized spacial score (nSPS) is 13.1. The molecule has 0 spiro atoms. The van der Waals surface area contributed by atoms with Gasteiger partial charge in [-0.05, 0) is 25.3 Å². The maximum atomic E-state index is 12.4. The number of primary sulfonamides is 1. The van der Waals surface area contributed by atoms with Gasteiger partial charge in [-0.1, -0.05) is 6.07 Å². The van der Waals surface area contributed by atoms with Crippen LogP contribution in [0.25, 0.3) is 0 Å². The van der Waals surface area contributed by atoms with Gasteiger partial charge >= 0.3 is 0 Å². The van der Waals surface area contributed by atoms with Crippen LogP contribution >= 0.6 is 11.3 Å². The molecule has 0 fully saturated rings. The Morgan fingerprint density at radius 2 is 2.18 bits per heavy atom. The highest BCUT2D eigenvalue weighted by Crippen LogP contribution is 2.21. The van der Waals surface area contributed by atoms with Crippen LogP contribution < -0.4 is 5.14 Å². The van der Waals surface area contributed by atoms with Gasteiger partial charge in [-0.25, -0.2) is 13.6 Å². The summed E-state index contributed by atoms with van der Waals surface area (Å²) in [6, 6.07) is 5.11. The van der Waals surface area contributed by atoms with E-state index >= 15 is 0 Å². The van der Waals surface area contributed by atoms with Crippen molar-refractivity contribution in [1.82, 2.24) is 4.90 Å². The molecule has 2 N–H and O–H groups in total. The van der Waals surface area contributed by atoms with E-state index in [1.165, 1.54) is 22.8 Å². The Hall–Kier alpha value is -1.64. The number of nitrogens with zero attached hydrogens (tertiary/aromatic N) is 1. The number of sulfonamides is 1. The molecule has 0 aromatic carbocycles. The fourth-order valence-electron chi connectivity index (χ4n) is 2.08. The van der Waals surface area contributed by atoms with E-state index in [0.717, 1.165) is 6.42 Å². The summed E-state index contributed by atoms with van der Waals surface area (Å²) in [5, 5.41) is 7.07. The lowest BCUT2D eigenvalue weighted by atomic mass is 10.2. The zero-order valence-electron chi connectivity index (χ0n) is 12.6. The summed E-state index contributed by atoms with van der Waals surface area (Å²) in [4.78, 5) is 15.0. The Labute approximate surface area is 133 Å². The molecule has 0 aliphatic rings. The summed E-state index contributed by atoms with van der Waals surface area (Å²) in [6.45, 7) is 3.39. The summed E-state index contributed by atoms with van der Waals surface area (Å²) in [5.41, 5.74) is 0. The number of amides is 1. The lowest BCUT2D eigenvalue weighted by Crippen LogP contribution is -2.36. The first kappa shape index (κ1) is 16.7. The standard InChI is InChI=1S/C14H18N2O4S2/c1-9(7-11-5-4-6-21-11)16(3)14(17)12-8-13(10(2)20-12)22(15,18)19/h4-6,8-9H,7H2,1-3H3,(H2,15,18,19). The molecular weight excluding hydrogens is 324 g/mol. The molecule has 0 radical (unpaired) electrons. The second-order valence-electron chi connectivity index (χ2n) is 5.12. The minimum absolute atomic E-state index is 0.0259. The predicted octanol–water partition coefficient (Wildman–Crippen LogP) is 2.00. The zero-order chi connectivity index (χ0) is 16.5. The molecule has 1 amide bonds. The fourth-order valence-corrected chi connectivity index (χ4v) is 3.62. The Morgan fingerprint density at radius 3 is 2.68 bits per heavy atom. The van der Waals surface area contributed by atoms with E-state index in [-0.39, 0.29) is 28.4 Å². The summed E-state index contributed by atoms with van der Waals surface area (Å²) in [6.07, 6.45) is 0.724. The predicted molar refractivity (Wildman–Crippen MR) is 84.4 cm³/mol. The Bertz CT molecular complexity index is 763. The third-order valence-electron chi connectivity index (χ3n) is 3.45. The molecule has 2 heterocycles. The molecule has 2 rings (SSSR count). The first-order valence-electron chi connectivity index (χ1n) is 6.63. The third kappa shape index (κ3) is 3.57. The molecule has 120 valence electrons. The van der Waals surface area contributed by atoms with Crippen molar-refractivity contribution in [3.63, 3.8) is 0 Å². The van der Waals surface area contributed by atoms with E-state index in [1.807, 2.05) is 24.4 Å². The number of thiophene rings is 1. The molecule has 2 aromatic rings. The molecular formula is C14H18N2O4S2. The smallest absolute Gasteiger partial charge is 0.289 e. The number of hydrogen-bond acceptors (Lipinski definition) is 5. The Morgan fingerprint density at radius 1 is 1.50 bits per heavy atom. The van der Waals surface area contributed by atoms with Gasteiger partial charge in [0.1, 0.15) is 10.7 Å². The maximum absolute atomic E-state index is 12.4. The second kappa shape index (κ2) is 6.23. The van der Waals surface area contributed by atoms with E-state index < -0.39 is 10.0 Å². The van der Waals surface area contributed by atoms with Crippen molar-refractivity contribution in [2.75, 3.05) is 7.05 Å². The van der Waals surface area contributed by atoms with Crippen molar-refractivity contribution >= 4 is 27.3 Å². The molecule has 1 atom stereocenters. The van der Waals surface area contributed by atoms with Crippen LogP contribution in [0, 0.1) is 6.92 Å². The average molecular weight is 342 g/mol. The van der Waals surface area contributed by atoms with E-state index in [2.05, 4.69) is 0 Å². The van der Waals surface area contributed by atoms with Gasteiger partial charge in [-0.15, -0.1) is 11.3 Å². The van der Waals surface area contributed by atoms with Crippen LogP contribution in [0.2, 0.25) is 0 Å². The van der Waals surface area contributed by atoms with Crippen molar-refractivity contribution in [1.29, 1.82) is 0 Å². The van der Waals surface area contributed by atoms with Crippen LogP contribution in [0.4, 0.5) is 0 Å². The highest BCUT2D eigenvalue weighted by Gasteiger charge is 2.25. The largest absolute Gasteiger partial charge is 0.455 e. The molecule has 0 aliphatic heterocycles. The molecule has 0 aliphatic carbocycles. The average Bonchev–Trinajstić information content (AvgIpc) is 3.05. The first-order valence-corrected chi connectivity index (χ1v) is 9.05. The van der Waals surface area contributed by atoms with Gasteiger partial charge in [-0.2, -0.15) is 0 Å². The monoisotopic (exact) mass is 342 g/mol. The first-order chi connectivity index (χ1) is 10.2. The molecule has 8 heteroatoms. The number of carbonyl (C=O) groups is 1. The zero-order valence-corrected chi connectivity index (χ0v) is 14.2. The lowest BCUT2D eigenvalue weighted by molar-refractivity contribution is 0.0710. The Balaban J connectivity index is 2.17. The van der Waals surface area contributed by atoms with Gasteiger partial charge in [-0.3, -0.25) is 4.79 Å². The molecule has 1 unspecified atom stereocenters. The van der Waals surface area contributed by atoms with Crippen LogP contribution in [0.3, 0.4) is 0 Å². The second-order valence-corrected chi connectivity index (χ2v) is 7.69. The van der Waals surface area contributed by atoms with E-state index in [9.17, 15) is 13.2 Å². The molecule has 22 heavy (non-hydrogen) atoms. The fraction of sp³-hybridized carbons (Fsp3) is 0.357. The number of nitrogens with two attached hydrogens (primary N) is 1. The van der Waals surface area contributed by atoms with Crippen molar-refractivity contribution in [2.24, 2.45) is 5.14 Å². The van der Waals surface area contributed by atoms with Crippen LogP contribution in [-0.4, -0.2) is 32.3 Å². The van der Waals surface area contributed by atoms with Crippen LogP contribution in [-0.2, 0) is 16.4 Å². The summed E-state index contributed by atoms with van der Waals surface area (Å²) < 4.78 is 28.1. The van der Waals surface area contributed by atoms with Crippen molar-refractivity contribution in [3.05, 3.63) is 40.0 Å². The van der Waals surface area contributed by atoms with Gasteiger partial charge in [0.05, 0.1) is 0 Å². The molecule has 2 aromatic heterocycles.